The van der Waals surface area contributed by atoms with Gasteiger partial charge in [-0.3, -0.25) is 0 Å². The van der Waals surface area contributed by atoms with Gasteiger partial charge in [-0.05, 0) is 45.4 Å². The summed E-state index contributed by atoms with van der Waals surface area (Å²) in [5, 5.41) is 9.02. The van der Waals surface area contributed by atoms with E-state index in [1.165, 1.54) is 0 Å². The quantitative estimate of drug-likeness (QED) is 0.666. The maximum atomic E-state index is 9.02. The van der Waals surface area contributed by atoms with Crippen LogP contribution in [0.1, 0.15) is 6.92 Å². The summed E-state index contributed by atoms with van der Waals surface area (Å²) in [4.78, 5) is 4.03. The summed E-state index contributed by atoms with van der Waals surface area (Å²) in [6.07, 6.45) is 1.25. The highest BCUT2D eigenvalue weighted by atomic mass is 127. The second-order valence-electron chi connectivity index (χ2n) is 2.60. The van der Waals surface area contributed by atoms with Gasteiger partial charge >= 0.3 is 0 Å². The van der Waals surface area contributed by atoms with Gasteiger partial charge in [-0.1, -0.05) is 0 Å². The van der Waals surface area contributed by atoms with Crippen molar-refractivity contribution in [3.05, 3.63) is 20.4 Å². The Morgan fingerprint density at radius 2 is 2.46 bits per heavy atom. The fourth-order valence-electron chi connectivity index (χ4n) is 0.717. The zero-order valence-electron chi connectivity index (χ0n) is 7.00. The van der Waals surface area contributed by atoms with Crippen molar-refractivity contribution in [1.82, 2.24) is 4.98 Å². The summed E-state index contributed by atoms with van der Waals surface area (Å²) in [6, 6.07) is 1.78. The molecule has 0 saturated heterocycles. The molecule has 1 unspecified atom stereocenters. The molecule has 1 N–H and O–H groups in total. The normalized spacial score (nSPS) is 12.6. The predicted octanol–water partition coefficient (Wildman–Crippen LogP) is 2.21. The monoisotopic (exact) mass is 357 g/mol. The van der Waals surface area contributed by atoms with Crippen molar-refractivity contribution in [2.24, 2.45) is 0 Å². The second-order valence-corrected chi connectivity index (χ2v) is 4.57. The number of pyridine rings is 1. The number of ether oxygens (including phenoxy) is 1. The molecule has 0 radical (unpaired) electrons. The van der Waals surface area contributed by atoms with Gasteiger partial charge in [-0.25, -0.2) is 4.98 Å². The van der Waals surface area contributed by atoms with Crippen LogP contribution in [0.3, 0.4) is 0 Å². The Morgan fingerprint density at radius 1 is 1.77 bits per heavy atom. The van der Waals surface area contributed by atoms with Gasteiger partial charge in [0.2, 0.25) is 0 Å². The third-order valence-electron chi connectivity index (χ3n) is 1.27. The summed E-state index contributed by atoms with van der Waals surface area (Å²) >= 11 is 5.38. The Balaban J connectivity index is 2.70. The maximum Gasteiger partial charge on any atom is 0.137 e. The van der Waals surface area contributed by atoms with E-state index in [0.29, 0.717) is 6.61 Å². The smallest absolute Gasteiger partial charge is 0.137 e. The average molecular weight is 358 g/mol. The van der Waals surface area contributed by atoms with Crippen LogP contribution < -0.4 is 4.74 Å². The van der Waals surface area contributed by atoms with Crippen LogP contribution in [0.25, 0.3) is 0 Å². The molecule has 1 aromatic rings. The molecule has 0 aliphatic heterocycles. The molecule has 1 atom stereocenters. The summed E-state index contributed by atoms with van der Waals surface area (Å²) in [5.41, 5.74) is 0. The lowest BCUT2D eigenvalue weighted by Crippen LogP contribution is -2.13. The molecule has 13 heavy (non-hydrogen) atoms. The molecule has 0 aliphatic carbocycles. The number of hydrogen-bond donors (Lipinski definition) is 1. The third kappa shape index (κ3) is 3.78. The van der Waals surface area contributed by atoms with Gasteiger partial charge < -0.3 is 9.84 Å². The highest BCUT2D eigenvalue weighted by Crippen LogP contribution is 2.22. The number of rotatable bonds is 3. The number of hydrogen-bond acceptors (Lipinski definition) is 3. The van der Waals surface area contributed by atoms with Gasteiger partial charge in [0.1, 0.15) is 17.0 Å². The first-order chi connectivity index (χ1) is 6.09. The zero-order valence-corrected chi connectivity index (χ0v) is 10.7. The largest absolute Gasteiger partial charge is 0.490 e. The van der Waals surface area contributed by atoms with Crippen molar-refractivity contribution in [3.63, 3.8) is 0 Å². The summed E-state index contributed by atoms with van der Waals surface area (Å²) in [5.74, 6) is 0.739. The number of halogens is 2. The standard InChI is InChI=1S/C8H9BrINO2/c1-5(12)4-13-7-2-8(9)11-3-6(7)10/h2-3,5,12H,4H2,1H3. The Kier molecular flexibility index (Phi) is 4.40. The van der Waals surface area contributed by atoms with Crippen LogP contribution in [0.2, 0.25) is 0 Å². The van der Waals surface area contributed by atoms with Crippen LogP contribution in [0.4, 0.5) is 0 Å². The van der Waals surface area contributed by atoms with Crippen LogP contribution in [0, 0.1) is 3.57 Å². The van der Waals surface area contributed by atoms with Gasteiger partial charge in [0, 0.05) is 12.3 Å². The van der Waals surface area contributed by atoms with Gasteiger partial charge in [-0.2, -0.15) is 0 Å². The average Bonchev–Trinajstić information content (AvgIpc) is 2.06. The van der Waals surface area contributed by atoms with Crippen LogP contribution in [-0.2, 0) is 0 Å². The van der Waals surface area contributed by atoms with Gasteiger partial charge in [-0.15, -0.1) is 0 Å². The van der Waals surface area contributed by atoms with E-state index < -0.39 is 6.10 Å². The first kappa shape index (κ1) is 11.2. The fraction of sp³-hybridized carbons (Fsp3) is 0.375. The van der Waals surface area contributed by atoms with E-state index in [0.717, 1.165) is 13.9 Å². The molecule has 0 saturated carbocycles. The van der Waals surface area contributed by atoms with E-state index >= 15 is 0 Å². The van der Waals surface area contributed by atoms with E-state index in [2.05, 4.69) is 43.5 Å². The van der Waals surface area contributed by atoms with Gasteiger partial charge in [0.25, 0.3) is 0 Å². The SMILES string of the molecule is CC(O)COc1cc(Br)ncc1I. The first-order valence-electron chi connectivity index (χ1n) is 3.71. The predicted molar refractivity (Wildman–Crippen MR) is 61.8 cm³/mol. The highest BCUT2D eigenvalue weighted by molar-refractivity contribution is 14.1. The molecule has 72 valence electrons. The maximum absolute atomic E-state index is 9.02. The topological polar surface area (TPSA) is 42.4 Å². The third-order valence-corrected chi connectivity index (χ3v) is 2.51. The van der Waals surface area contributed by atoms with Gasteiger partial charge in [0.15, 0.2) is 0 Å². The molecule has 1 rings (SSSR count). The van der Waals surface area contributed by atoms with Crippen molar-refractivity contribution >= 4 is 38.5 Å². The molecule has 0 bridgehead atoms. The number of aromatic nitrogens is 1. The Bertz CT molecular complexity index is 293. The van der Waals surface area contributed by atoms with E-state index in [-0.39, 0.29) is 0 Å². The van der Waals surface area contributed by atoms with E-state index in [4.69, 9.17) is 9.84 Å². The lowest BCUT2D eigenvalue weighted by atomic mass is 10.4. The number of aliphatic hydroxyl groups is 1. The number of nitrogens with zero attached hydrogens (tertiary/aromatic N) is 1. The molecule has 5 heteroatoms. The number of aliphatic hydroxyl groups excluding tert-OH is 1. The molecule has 3 nitrogen and oxygen atoms in total. The van der Waals surface area contributed by atoms with Crippen molar-refractivity contribution in [2.75, 3.05) is 6.61 Å². The van der Waals surface area contributed by atoms with E-state index in [1.807, 2.05) is 0 Å². The molecule has 0 spiro atoms. The van der Waals surface area contributed by atoms with Crippen molar-refractivity contribution in [3.8, 4) is 5.75 Å². The second kappa shape index (κ2) is 5.11. The summed E-state index contributed by atoms with van der Waals surface area (Å²) in [6.45, 7) is 1.98. The van der Waals surface area contributed by atoms with Crippen molar-refractivity contribution in [1.29, 1.82) is 0 Å². The molecule has 1 heterocycles. The van der Waals surface area contributed by atoms with Crippen LogP contribution >= 0.6 is 38.5 Å². The van der Waals surface area contributed by atoms with Crippen molar-refractivity contribution in [2.45, 2.75) is 13.0 Å². The lowest BCUT2D eigenvalue weighted by Gasteiger charge is -2.09. The van der Waals surface area contributed by atoms with E-state index in [1.54, 1.807) is 19.2 Å². The summed E-state index contributed by atoms with van der Waals surface area (Å²) in [7, 11) is 0. The Hall–Kier alpha value is 0.120. The van der Waals surface area contributed by atoms with Crippen LogP contribution in [-0.4, -0.2) is 22.8 Å². The summed E-state index contributed by atoms with van der Waals surface area (Å²) < 4.78 is 7.01. The highest BCUT2D eigenvalue weighted by Gasteiger charge is 2.04. The fourth-order valence-corrected chi connectivity index (χ4v) is 1.48. The molecular weight excluding hydrogens is 349 g/mol. The lowest BCUT2D eigenvalue weighted by molar-refractivity contribution is 0.122. The Labute approximate surface area is 98.8 Å². The van der Waals surface area contributed by atoms with E-state index in [9.17, 15) is 0 Å². The van der Waals surface area contributed by atoms with Crippen LogP contribution in [0.15, 0.2) is 16.9 Å². The minimum atomic E-state index is -0.456. The molecule has 0 fully saturated rings. The van der Waals surface area contributed by atoms with Crippen molar-refractivity contribution < 1.29 is 9.84 Å². The van der Waals surface area contributed by atoms with Crippen LogP contribution in [0.5, 0.6) is 5.75 Å². The Morgan fingerprint density at radius 3 is 3.08 bits per heavy atom. The molecular formula is C8H9BrINO2. The zero-order chi connectivity index (χ0) is 9.84. The molecule has 0 amide bonds. The minimum Gasteiger partial charge on any atom is -0.490 e. The molecule has 1 aromatic heterocycles. The first-order valence-corrected chi connectivity index (χ1v) is 5.58. The van der Waals surface area contributed by atoms with Gasteiger partial charge in [0.05, 0.1) is 9.67 Å². The minimum absolute atomic E-state index is 0.298. The molecule has 0 aromatic carbocycles. The molecule has 0 aliphatic rings.